The van der Waals surface area contributed by atoms with Crippen molar-refractivity contribution in [2.24, 2.45) is 0 Å². The lowest BCUT2D eigenvalue weighted by molar-refractivity contribution is 0.674. The highest BCUT2D eigenvalue weighted by molar-refractivity contribution is 7.98. The molecule has 0 aliphatic rings. The van der Waals surface area contributed by atoms with Gasteiger partial charge in [0.15, 0.2) is 0 Å². The summed E-state index contributed by atoms with van der Waals surface area (Å²) in [7, 11) is 0. The Hall–Kier alpha value is -0.540. The maximum absolute atomic E-state index is 3.99. The molecule has 2 nitrogen and oxygen atoms in total. The molecule has 0 amide bonds. The number of rotatable bonds is 7. The van der Waals surface area contributed by atoms with Gasteiger partial charge in [-0.15, -0.1) is 0 Å². The second-order valence-electron chi connectivity index (χ2n) is 3.20. The van der Waals surface area contributed by atoms with Crippen molar-refractivity contribution >= 4 is 11.8 Å². The van der Waals surface area contributed by atoms with Gasteiger partial charge in [-0.1, -0.05) is 0 Å². The van der Waals surface area contributed by atoms with Crippen LogP contribution >= 0.6 is 11.8 Å². The summed E-state index contributed by atoms with van der Waals surface area (Å²) in [6.07, 6.45) is 8.21. The maximum atomic E-state index is 3.99. The standard InChI is InChI=1S/C11H18N2S/c1-14-10-2-6-12-7-3-11-4-8-13-9-5-11/h4-5,8-9,12H,2-3,6-7,10H2,1H3. The Morgan fingerprint density at radius 1 is 1.29 bits per heavy atom. The van der Waals surface area contributed by atoms with Crippen LogP contribution in [0.15, 0.2) is 24.5 Å². The normalized spacial score (nSPS) is 10.4. The van der Waals surface area contributed by atoms with Crippen molar-refractivity contribution in [3.05, 3.63) is 30.1 Å². The van der Waals surface area contributed by atoms with Gasteiger partial charge >= 0.3 is 0 Å². The number of hydrogen-bond acceptors (Lipinski definition) is 3. The Bertz CT molecular complexity index is 226. The first-order valence-corrected chi connectivity index (χ1v) is 6.41. The third-order valence-corrected chi connectivity index (χ3v) is 2.74. The zero-order valence-corrected chi connectivity index (χ0v) is 9.52. The van der Waals surface area contributed by atoms with Crippen molar-refractivity contribution in [3.63, 3.8) is 0 Å². The number of nitrogens with one attached hydrogen (secondary N) is 1. The third-order valence-electron chi connectivity index (χ3n) is 2.04. The molecule has 0 aromatic carbocycles. The highest BCUT2D eigenvalue weighted by Gasteiger charge is 1.91. The molecule has 0 aliphatic heterocycles. The molecule has 1 aromatic rings. The van der Waals surface area contributed by atoms with Gasteiger partial charge in [0.1, 0.15) is 0 Å². The molecule has 0 saturated heterocycles. The molecule has 0 saturated carbocycles. The molecule has 0 aliphatic carbocycles. The van der Waals surface area contributed by atoms with E-state index in [-0.39, 0.29) is 0 Å². The Labute approximate surface area is 90.5 Å². The molecule has 0 bridgehead atoms. The molecule has 0 radical (unpaired) electrons. The molecule has 1 aromatic heterocycles. The summed E-state index contributed by atoms with van der Waals surface area (Å²) in [5.74, 6) is 1.25. The summed E-state index contributed by atoms with van der Waals surface area (Å²) in [6.45, 7) is 2.20. The lowest BCUT2D eigenvalue weighted by Crippen LogP contribution is -2.18. The van der Waals surface area contributed by atoms with E-state index in [1.54, 1.807) is 0 Å². The first kappa shape index (κ1) is 11.5. The summed E-state index contributed by atoms with van der Waals surface area (Å²) in [6, 6.07) is 4.15. The van der Waals surface area contributed by atoms with Crippen LogP contribution in [0.25, 0.3) is 0 Å². The van der Waals surface area contributed by atoms with Crippen molar-refractivity contribution in [1.29, 1.82) is 0 Å². The first-order chi connectivity index (χ1) is 6.93. The number of thioether (sulfide) groups is 1. The van der Waals surface area contributed by atoms with Gasteiger partial charge in [-0.3, -0.25) is 4.98 Å². The van der Waals surface area contributed by atoms with Gasteiger partial charge < -0.3 is 5.32 Å². The van der Waals surface area contributed by atoms with Crippen LogP contribution in [0, 0.1) is 0 Å². The lowest BCUT2D eigenvalue weighted by atomic mass is 10.2. The van der Waals surface area contributed by atoms with Crippen LogP contribution in [0.5, 0.6) is 0 Å². The van der Waals surface area contributed by atoms with Gasteiger partial charge in [0.2, 0.25) is 0 Å². The third kappa shape index (κ3) is 5.25. The summed E-state index contributed by atoms with van der Waals surface area (Å²) in [4.78, 5) is 3.99. The van der Waals surface area contributed by atoms with Crippen LogP contribution in [-0.2, 0) is 6.42 Å². The molecular weight excluding hydrogens is 192 g/mol. The van der Waals surface area contributed by atoms with Crippen molar-refractivity contribution in [3.8, 4) is 0 Å². The molecule has 14 heavy (non-hydrogen) atoms. The van der Waals surface area contributed by atoms with E-state index >= 15 is 0 Å². The minimum atomic E-state index is 1.07. The highest BCUT2D eigenvalue weighted by Crippen LogP contribution is 1.96. The van der Waals surface area contributed by atoms with Crippen LogP contribution in [0.4, 0.5) is 0 Å². The number of hydrogen-bond donors (Lipinski definition) is 1. The van der Waals surface area contributed by atoms with E-state index in [2.05, 4.69) is 28.7 Å². The Balaban J connectivity index is 1.99. The molecular formula is C11H18N2S. The summed E-state index contributed by atoms with van der Waals surface area (Å²) in [5, 5.41) is 3.43. The molecule has 1 N–H and O–H groups in total. The summed E-state index contributed by atoms with van der Waals surface area (Å²) >= 11 is 1.91. The molecule has 3 heteroatoms. The fourth-order valence-electron chi connectivity index (χ4n) is 1.25. The van der Waals surface area contributed by atoms with Gasteiger partial charge in [0.05, 0.1) is 0 Å². The van der Waals surface area contributed by atoms with Crippen LogP contribution < -0.4 is 5.32 Å². The molecule has 0 spiro atoms. The minimum absolute atomic E-state index is 1.07. The van der Waals surface area contributed by atoms with Crippen LogP contribution in [-0.4, -0.2) is 30.1 Å². The number of nitrogens with zero attached hydrogens (tertiary/aromatic N) is 1. The molecule has 1 rings (SSSR count). The predicted octanol–water partition coefficient (Wildman–Crippen LogP) is 1.97. The van der Waals surface area contributed by atoms with Crippen molar-refractivity contribution in [1.82, 2.24) is 10.3 Å². The van der Waals surface area contributed by atoms with Gasteiger partial charge in [-0.25, -0.2) is 0 Å². The van der Waals surface area contributed by atoms with Crippen LogP contribution in [0.1, 0.15) is 12.0 Å². The largest absolute Gasteiger partial charge is 0.316 e. The van der Waals surface area contributed by atoms with Crippen molar-refractivity contribution in [2.75, 3.05) is 25.1 Å². The summed E-state index contributed by atoms with van der Waals surface area (Å²) in [5.41, 5.74) is 1.36. The van der Waals surface area contributed by atoms with E-state index in [1.807, 2.05) is 24.2 Å². The van der Waals surface area contributed by atoms with Crippen LogP contribution in [0.3, 0.4) is 0 Å². The average Bonchev–Trinajstić information content (AvgIpc) is 2.25. The summed E-state index contributed by atoms with van der Waals surface area (Å²) < 4.78 is 0. The zero-order chi connectivity index (χ0) is 10.1. The molecule has 78 valence electrons. The number of aromatic nitrogens is 1. The molecule has 0 atom stereocenters. The zero-order valence-electron chi connectivity index (χ0n) is 8.70. The quantitative estimate of drug-likeness (QED) is 0.696. The SMILES string of the molecule is CSCCCNCCc1ccncc1. The van der Waals surface area contributed by atoms with Gasteiger partial charge in [0.25, 0.3) is 0 Å². The maximum Gasteiger partial charge on any atom is 0.0270 e. The smallest absolute Gasteiger partial charge is 0.0270 e. The molecule has 0 unspecified atom stereocenters. The van der Waals surface area contributed by atoms with E-state index < -0.39 is 0 Å². The van der Waals surface area contributed by atoms with E-state index in [0.717, 1.165) is 19.5 Å². The van der Waals surface area contributed by atoms with E-state index in [9.17, 15) is 0 Å². The Morgan fingerprint density at radius 2 is 2.07 bits per heavy atom. The lowest BCUT2D eigenvalue weighted by Gasteiger charge is -2.03. The second-order valence-corrected chi connectivity index (χ2v) is 4.19. The second kappa shape index (κ2) is 7.83. The van der Waals surface area contributed by atoms with Gasteiger partial charge in [0, 0.05) is 12.4 Å². The van der Waals surface area contributed by atoms with Crippen LogP contribution in [0.2, 0.25) is 0 Å². The molecule has 1 heterocycles. The fraction of sp³-hybridized carbons (Fsp3) is 0.545. The monoisotopic (exact) mass is 210 g/mol. The fourth-order valence-corrected chi connectivity index (χ4v) is 1.68. The predicted molar refractivity (Wildman–Crippen MR) is 63.8 cm³/mol. The van der Waals surface area contributed by atoms with E-state index in [1.165, 1.54) is 17.7 Å². The van der Waals surface area contributed by atoms with Gasteiger partial charge in [-0.05, 0) is 55.6 Å². The topological polar surface area (TPSA) is 24.9 Å². The Kier molecular flexibility index (Phi) is 6.45. The first-order valence-electron chi connectivity index (χ1n) is 5.02. The van der Waals surface area contributed by atoms with Gasteiger partial charge in [-0.2, -0.15) is 11.8 Å². The average molecular weight is 210 g/mol. The van der Waals surface area contributed by atoms with Crippen molar-refractivity contribution < 1.29 is 0 Å². The Morgan fingerprint density at radius 3 is 2.79 bits per heavy atom. The number of pyridine rings is 1. The minimum Gasteiger partial charge on any atom is -0.316 e. The van der Waals surface area contributed by atoms with E-state index in [0.29, 0.717) is 0 Å². The highest BCUT2D eigenvalue weighted by atomic mass is 32.2. The van der Waals surface area contributed by atoms with E-state index in [4.69, 9.17) is 0 Å². The molecule has 0 fully saturated rings. The van der Waals surface area contributed by atoms with Crippen molar-refractivity contribution in [2.45, 2.75) is 12.8 Å².